The van der Waals surface area contributed by atoms with Crippen molar-refractivity contribution in [1.82, 2.24) is 29.5 Å². The third-order valence-electron chi connectivity index (χ3n) is 6.89. The van der Waals surface area contributed by atoms with Crippen LogP contribution in [0.2, 0.25) is 0 Å². The summed E-state index contributed by atoms with van der Waals surface area (Å²) in [6.07, 6.45) is 5.59. The fourth-order valence-electron chi connectivity index (χ4n) is 5.07. The molecule has 4 heterocycles. The number of nitrogens with one attached hydrogen (secondary N) is 1. The van der Waals surface area contributed by atoms with E-state index in [9.17, 15) is 14.0 Å². The first-order valence-corrected chi connectivity index (χ1v) is 13.0. The molecule has 11 heteroatoms. The van der Waals surface area contributed by atoms with Gasteiger partial charge in [-0.25, -0.2) is 14.2 Å². The number of aromatic nitrogens is 4. The van der Waals surface area contributed by atoms with Gasteiger partial charge in [0.15, 0.2) is 23.2 Å². The van der Waals surface area contributed by atoms with Crippen molar-refractivity contribution >= 4 is 5.91 Å². The molecule has 1 N–H and O–H groups in total. The Balaban J connectivity index is 1.39. The largest absolute Gasteiger partial charge is 0.494 e. The van der Waals surface area contributed by atoms with Gasteiger partial charge >= 0.3 is 5.69 Å². The number of pyridine rings is 1. The van der Waals surface area contributed by atoms with Crippen LogP contribution >= 0.6 is 0 Å². The quantitative estimate of drug-likeness (QED) is 0.458. The van der Waals surface area contributed by atoms with Gasteiger partial charge < -0.3 is 14.8 Å². The van der Waals surface area contributed by atoms with E-state index in [0.29, 0.717) is 23.6 Å². The smallest absolute Gasteiger partial charge is 0.352 e. The molecule has 0 radical (unpaired) electrons. The van der Waals surface area contributed by atoms with E-state index >= 15 is 0 Å². The first kappa shape index (κ1) is 26.1. The number of benzene rings is 1. The molecule has 10 nitrogen and oxygen atoms in total. The molecule has 0 spiro atoms. The minimum Gasteiger partial charge on any atom is -0.494 e. The fourth-order valence-corrected chi connectivity index (χ4v) is 5.07. The Morgan fingerprint density at radius 1 is 1.21 bits per heavy atom. The topological polar surface area (TPSA) is 104 Å². The van der Waals surface area contributed by atoms with E-state index < -0.39 is 11.5 Å². The summed E-state index contributed by atoms with van der Waals surface area (Å²) in [6.45, 7) is 6.29. The number of methoxy groups -OCH3 is 1. The van der Waals surface area contributed by atoms with Crippen molar-refractivity contribution in [2.75, 3.05) is 26.7 Å². The van der Waals surface area contributed by atoms with E-state index in [1.807, 2.05) is 19.9 Å². The lowest BCUT2D eigenvalue weighted by atomic mass is 10.2. The SMILES string of the molecule is COc1cc(-c2nn(-c3ccc(CCN4CC5CCC(C4)O5)cn3)c(=O)n2CC(=O)NC(C)C)ccc1F. The molecule has 1 amide bonds. The van der Waals surface area contributed by atoms with Crippen LogP contribution in [0.3, 0.4) is 0 Å². The number of hydrogen-bond donors (Lipinski definition) is 1. The van der Waals surface area contributed by atoms with Gasteiger partial charge in [-0.1, -0.05) is 6.07 Å². The predicted octanol–water partition coefficient (Wildman–Crippen LogP) is 2.17. The highest BCUT2D eigenvalue weighted by Gasteiger charge is 2.33. The van der Waals surface area contributed by atoms with Crippen molar-refractivity contribution in [2.24, 2.45) is 0 Å². The second kappa shape index (κ2) is 11.0. The fraction of sp³-hybridized carbons (Fsp3) is 0.481. The summed E-state index contributed by atoms with van der Waals surface area (Å²) < 4.78 is 27.5. The van der Waals surface area contributed by atoms with Crippen LogP contribution in [0.5, 0.6) is 5.75 Å². The molecule has 38 heavy (non-hydrogen) atoms. The first-order valence-electron chi connectivity index (χ1n) is 13.0. The molecule has 2 aliphatic rings. The van der Waals surface area contributed by atoms with Crippen LogP contribution in [0.1, 0.15) is 32.3 Å². The molecule has 0 aliphatic carbocycles. The van der Waals surface area contributed by atoms with Crippen molar-refractivity contribution in [3.63, 3.8) is 0 Å². The minimum absolute atomic E-state index is 0.0124. The number of nitrogens with zero attached hydrogens (tertiary/aromatic N) is 5. The van der Waals surface area contributed by atoms with Crippen molar-refractivity contribution in [3.05, 3.63) is 58.4 Å². The van der Waals surface area contributed by atoms with Gasteiger partial charge in [-0.3, -0.25) is 14.3 Å². The zero-order valence-corrected chi connectivity index (χ0v) is 21.9. The first-order chi connectivity index (χ1) is 18.3. The summed E-state index contributed by atoms with van der Waals surface area (Å²) in [4.78, 5) is 32.9. The standard InChI is InChI=1S/C27H33FN6O4/c1-17(2)30-25(35)16-33-26(19-5-8-22(28)23(12-19)37-3)31-34(27(33)36)24-9-4-18(13-29-24)10-11-32-14-20-6-7-21(15-32)38-20/h4-5,8-9,12-13,17,20-21H,6-7,10-11,14-16H2,1-3H3,(H,30,35). The normalized spacial score (nSPS) is 19.2. The third-order valence-corrected chi connectivity index (χ3v) is 6.89. The zero-order chi connectivity index (χ0) is 26.8. The molecule has 2 unspecified atom stereocenters. The number of likely N-dealkylation sites (tertiary alicyclic amines) is 1. The third kappa shape index (κ3) is 5.63. The van der Waals surface area contributed by atoms with Crippen LogP contribution in [0.15, 0.2) is 41.3 Å². The summed E-state index contributed by atoms with van der Waals surface area (Å²) in [6, 6.07) is 7.78. The van der Waals surface area contributed by atoms with E-state index in [2.05, 4.69) is 20.3 Å². The van der Waals surface area contributed by atoms with Gasteiger partial charge in [0.25, 0.3) is 0 Å². The Kier molecular flexibility index (Phi) is 7.57. The molecule has 2 atom stereocenters. The lowest BCUT2D eigenvalue weighted by Gasteiger charge is -2.31. The van der Waals surface area contributed by atoms with Crippen molar-refractivity contribution < 1.29 is 18.7 Å². The van der Waals surface area contributed by atoms with Gasteiger partial charge in [-0.2, -0.15) is 4.68 Å². The molecule has 2 aliphatic heterocycles. The number of hydrogen-bond acceptors (Lipinski definition) is 7. The van der Waals surface area contributed by atoms with Crippen LogP contribution in [0.4, 0.5) is 4.39 Å². The highest BCUT2D eigenvalue weighted by Crippen LogP contribution is 2.27. The van der Waals surface area contributed by atoms with E-state index in [1.165, 1.54) is 29.9 Å². The zero-order valence-electron chi connectivity index (χ0n) is 21.9. The van der Waals surface area contributed by atoms with Gasteiger partial charge in [0.1, 0.15) is 6.54 Å². The lowest BCUT2D eigenvalue weighted by Crippen LogP contribution is -2.43. The van der Waals surface area contributed by atoms with Crippen LogP contribution in [-0.4, -0.2) is 75.1 Å². The van der Waals surface area contributed by atoms with Crippen molar-refractivity contribution in [2.45, 2.75) is 57.9 Å². The molecule has 2 bridgehead atoms. The predicted molar refractivity (Wildman–Crippen MR) is 139 cm³/mol. The highest BCUT2D eigenvalue weighted by atomic mass is 19.1. The number of carbonyl (C=O) groups is 1. The number of halogens is 1. The van der Waals surface area contributed by atoms with Crippen molar-refractivity contribution in [3.8, 4) is 23.0 Å². The molecule has 2 aromatic heterocycles. The molecule has 2 saturated heterocycles. The monoisotopic (exact) mass is 524 g/mol. The molecule has 5 rings (SSSR count). The number of amides is 1. The molecule has 3 aromatic rings. The summed E-state index contributed by atoms with van der Waals surface area (Å²) in [5.41, 5.74) is 0.971. The van der Waals surface area contributed by atoms with Crippen LogP contribution in [0, 0.1) is 5.82 Å². The van der Waals surface area contributed by atoms with Crippen LogP contribution in [-0.2, 0) is 22.5 Å². The number of ether oxygens (including phenoxy) is 2. The van der Waals surface area contributed by atoms with E-state index in [-0.39, 0.29) is 30.1 Å². The summed E-state index contributed by atoms with van der Waals surface area (Å²) in [7, 11) is 1.36. The van der Waals surface area contributed by atoms with Crippen LogP contribution < -0.4 is 15.7 Å². The number of fused-ring (bicyclic) bond motifs is 2. The van der Waals surface area contributed by atoms with E-state index in [4.69, 9.17) is 9.47 Å². The summed E-state index contributed by atoms with van der Waals surface area (Å²) in [5.74, 6) is -0.319. The summed E-state index contributed by atoms with van der Waals surface area (Å²) in [5, 5.41) is 7.27. The minimum atomic E-state index is -0.538. The van der Waals surface area contributed by atoms with Crippen LogP contribution in [0.25, 0.3) is 17.2 Å². The number of rotatable bonds is 9. The number of morpholine rings is 1. The van der Waals surface area contributed by atoms with E-state index in [0.717, 1.165) is 49.1 Å². The van der Waals surface area contributed by atoms with Gasteiger partial charge in [0, 0.05) is 37.4 Å². The molecular weight excluding hydrogens is 491 g/mol. The second-order valence-corrected chi connectivity index (χ2v) is 10.2. The Labute approximate surface area is 220 Å². The van der Waals surface area contributed by atoms with Gasteiger partial charge in [-0.05, 0) is 62.9 Å². The lowest BCUT2D eigenvalue weighted by molar-refractivity contribution is -0.122. The van der Waals surface area contributed by atoms with E-state index in [1.54, 1.807) is 12.3 Å². The Hall–Kier alpha value is -3.57. The Morgan fingerprint density at radius 2 is 1.97 bits per heavy atom. The number of carbonyl (C=O) groups excluding carboxylic acids is 1. The molecule has 1 aromatic carbocycles. The Bertz CT molecular complexity index is 1340. The Morgan fingerprint density at radius 3 is 2.63 bits per heavy atom. The average molecular weight is 525 g/mol. The van der Waals surface area contributed by atoms with Gasteiger partial charge in [0.05, 0.1) is 19.3 Å². The molecule has 0 saturated carbocycles. The maximum absolute atomic E-state index is 14.0. The van der Waals surface area contributed by atoms with Crippen molar-refractivity contribution in [1.29, 1.82) is 0 Å². The van der Waals surface area contributed by atoms with Gasteiger partial charge in [0.2, 0.25) is 5.91 Å². The maximum atomic E-state index is 14.0. The molecule has 2 fully saturated rings. The average Bonchev–Trinajstić information content (AvgIpc) is 3.40. The molecular formula is C27H33FN6O4. The van der Waals surface area contributed by atoms with Gasteiger partial charge in [-0.15, -0.1) is 5.10 Å². The second-order valence-electron chi connectivity index (χ2n) is 10.2. The maximum Gasteiger partial charge on any atom is 0.352 e. The highest BCUT2D eigenvalue weighted by molar-refractivity contribution is 5.76. The summed E-state index contributed by atoms with van der Waals surface area (Å²) >= 11 is 0. The molecule has 202 valence electrons.